The SMILES string of the molecule is CSC1CCN(C(=O)N2C3CCC2CN(C)C3)C1. The van der Waals surface area contributed by atoms with E-state index >= 15 is 0 Å². The normalized spacial score (nSPS) is 36.4. The summed E-state index contributed by atoms with van der Waals surface area (Å²) in [4.78, 5) is 19.3. The number of rotatable bonds is 1. The Bertz CT molecular complexity index is 324. The number of nitrogens with zero attached hydrogens (tertiary/aromatic N) is 3. The summed E-state index contributed by atoms with van der Waals surface area (Å²) in [7, 11) is 2.17. The van der Waals surface area contributed by atoms with Gasteiger partial charge in [-0.1, -0.05) is 0 Å². The first-order valence-corrected chi connectivity index (χ1v) is 8.26. The van der Waals surface area contributed by atoms with Crippen molar-refractivity contribution in [3.05, 3.63) is 0 Å². The summed E-state index contributed by atoms with van der Waals surface area (Å²) in [6, 6.07) is 1.25. The lowest BCUT2D eigenvalue weighted by molar-refractivity contribution is 0.0844. The molecule has 3 heterocycles. The van der Waals surface area contributed by atoms with Crippen molar-refractivity contribution in [3.8, 4) is 0 Å². The standard InChI is InChI=1S/C13H23N3OS/c1-14-7-10-3-4-11(8-14)16(10)13(17)15-6-5-12(9-15)18-2/h10-12H,3-9H2,1-2H3. The van der Waals surface area contributed by atoms with E-state index in [-0.39, 0.29) is 0 Å². The molecule has 3 saturated heterocycles. The molecule has 3 unspecified atom stereocenters. The Labute approximate surface area is 114 Å². The smallest absolute Gasteiger partial charge is 0.320 e. The summed E-state index contributed by atoms with van der Waals surface area (Å²) in [5.41, 5.74) is 0. The van der Waals surface area contributed by atoms with E-state index in [0.717, 1.165) is 32.6 Å². The third-order valence-electron chi connectivity index (χ3n) is 4.63. The Morgan fingerprint density at radius 2 is 1.78 bits per heavy atom. The topological polar surface area (TPSA) is 26.8 Å². The second-order valence-electron chi connectivity index (χ2n) is 5.89. The number of amides is 2. The fraction of sp³-hybridized carbons (Fsp3) is 0.923. The van der Waals surface area contributed by atoms with Crippen molar-refractivity contribution >= 4 is 17.8 Å². The predicted molar refractivity (Wildman–Crippen MR) is 75.0 cm³/mol. The molecule has 5 heteroatoms. The molecule has 3 atom stereocenters. The Morgan fingerprint density at radius 1 is 1.11 bits per heavy atom. The molecule has 0 aliphatic carbocycles. The zero-order chi connectivity index (χ0) is 12.7. The van der Waals surface area contributed by atoms with E-state index in [1.807, 2.05) is 11.8 Å². The average Bonchev–Trinajstić information content (AvgIpc) is 2.92. The van der Waals surface area contributed by atoms with Crippen LogP contribution >= 0.6 is 11.8 Å². The largest absolute Gasteiger partial charge is 0.323 e. The molecule has 0 N–H and O–H groups in total. The van der Waals surface area contributed by atoms with E-state index in [9.17, 15) is 4.79 Å². The van der Waals surface area contributed by atoms with E-state index < -0.39 is 0 Å². The summed E-state index contributed by atoms with van der Waals surface area (Å²) < 4.78 is 0. The molecule has 102 valence electrons. The Hall–Kier alpha value is -0.420. The molecule has 4 nitrogen and oxygen atoms in total. The highest BCUT2D eigenvalue weighted by Crippen LogP contribution is 2.32. The quantitative estimate of drug-likeness (QED) is 0.718. The van der Waals surface area contributed by atoms with Gasteiger partial charge in [0.15, 0.2) is 0 Å². The van der Waals surface area contributed by atoms with Gasteiger partial charge in [0, 0.05) is 43.5 Å². The summed E-state index contributed by atoms with van der Waals surface area (Å²) in [5, 5.41) is 0.652. The maximum absolute atomic E-state index is 12.7. The van der Waals surface area contributed by atoms with Gasteiger partial charge in [-0.2, -0.15) is 11.8 Å². The van der Waals surface area contributed by atoms with Crippen LogP contribution in [0.1, 0.15) is 19.3 Å². The number of carbonyl (C=O) groups excluding carboxylic acids is 1. The molecule has 0 aromatic rings. The highest BCUT2D eigenvalue weighted by Gasteiger charge is 2.43. The maximum atomic E-state index is 12.7. The van der Waals surface area contributed by atoms with Crippen LogP contribution in [0.5, 0.6) is 0 Å². The number of likely N-dealkylation sites (tertiary alicyclic amines) is 2. The third-order valence-corrected chi connectivity index (χ3v) is 5.69. The number of carbonyl (C=O) groups is 1. The van der Waals surface area contributed by atoms with Gasteiger partial charge in [-0.15, -0.1) is 0 Å². The molecule has 0 spiro atoms. The lowest BCUT2D eigenvalue weighted by Crippen LogP contribution is -2.57. The average molecular weight is 269 g/mol. The van der Waals surface area contributed by atoms with E-state index in [0.29, 0.717) is 23.4 Å². The van der Waals surface area contributed by atoms with Gasteiger partial charge in [-0.3, -0.25) is 0 Å². The van der Waals surface area contributed by atoms with Crippen LogP contribution in [0.4, 0.5) is 4.79 Å². The molecule has 0 aromatic heterocycles. The van der Waals surface area contributed by atoms with Crippen LogP contribution < -0.4 is 0 Å². The van der Waals surface area contributed by atoms with Crippen molar-refractivity contribution in [3.63, 3.8) is 0 Å². The second kappa shape index (κ2) is 4.93. The molecular weight excluding hydrogens is 246 g/mol. The highest BCUT2D eigenvalue weighted by molar-refractivity contribution is 7.99. The van der Waals surface area contributed by atoms with Crippen molar-refractivity contribution in [2.24, 2.45) is 0 Å². The number of hydrogen-bond donors (Lipinski definition) is 0. The predicted octanol–water partition coefficient (Wildman–Crippen LogP) is 1.32. The van der Waals surface area contributed by atoms with Crippen molar-refractivity contribution in [2.75, 3.05) is 39.5 Å². The summed E-state index contributed by atoms with van der Waals surface area (Å²) in [6.07, 6.45) is 5.70. The van der Waals surface area contributed by atoms with Crippen LogP contribution in [-0.2, 0) is 0 Å². The Morgan fingerprint density at radius 3 is 2.33 bits per heavy atom. The number of urea groups is 1. The summed E-state index contributed by atoms with van der Waals surface area (Å²) >= 11 is 1.90. The molecule has 0 aromatic carbocycles. The van der Waals surface area contributed by atoms with E-state index in [1.54, 1.807) is 0 Å². The zero-order valence-corrected chi connectivity index (χ0v) is 12.2. The van der Waals surface area contributed by atoms with Gasteiger partial charge >= 0.3 is 6.03 Å². The van der Waals surface area contributed by atoms with Gasteiger partial charge in [0.25, 0.3) is 0 Å². The first-order valence-electron chi connectivity index (χ1n) is 6.97. The molecule has 3 rings (SSSR count). The molecular formula is C13H23N3OS. The molecule has 2 amide bonds. The van der Waals surface area contributed by atoms with Gasteiger partial charge in [0.05, 0.1) is 0 Å². The number of fused-ring (bicyclic) bond motifs is 2. The lowest BCUT2D eigenvalue weighted by Gasteiger charge is -2.41. The first-order chi connectivity index (χ1) is 8.69. The minimum Gasteiger partial charge on any atom is -0.323 e. The molecule has 18 heavy (non-hydrogen) atoms. The fourth-order valence-corrected chi connectivity index (χ4v) is 4.35. The Kier molecular flexibility index (Phi) is 3.45. The van der Waals surface area contributed by atoms with Crippen molar-refractivity contribution < 1.29 is 4.79 Å². The van der Waals surface area contributed by atoms with E-state index in [1.165, 1.54) is 12.8 Å². The van der Waals surface area contributed by atoms with E-state index in [2.05, 4.69) is 28.0 Å². The number of piperazine rings is 1. The summed E-state index contributed by atoms with van der Waals surface area (Å²) in [6.45, 7) is 4.02. The highest BCUT2D eigenvalue weighted by atomic mass is 32.2. The number of thioether (sulfide) groups is 1. The zero-order valence-electron chi connectivity index (χ0n) is 11.3. The van der Waals surface area contributed by atoms with Gasteiger partial charge in [0.2, 0.25) is 0 Å². The van der Waals surface area contributed by atoms with E-state index in [4.69, 9.17) is 0 Å². The number of likely N-dealkylation sites (N-methyl/N-ethyl adjacent to an activating group) is 1. The maximum Gasteiger partial charge on any atom is 0.320 e. The molecule has 0 saturated carbocycles. The van der Waals surface area contributed by atoms with Crippen LogP contribution in [0, 0.1) is 0 Å². The van der Waals surface area contributed by atoms with Gasteiger partial charge < -0.3 is 14.7 Å². The van der Waals surface area contributed by atoms with Gasteiger partial charge in [-0.05, 0) is 32.6 Å². The van der Waals surface area contributed by atoms with Crippen LogP contribution in [0.2, 0.25) is 0 Å². The van der Waals surface area contributed by atoms with Crippen LogP contribution in [-0.4, -0.2) is 77.5 Å². The van der Waals surface area contributed by atoms with Crippen molar-refractivity contribution in [1.82, 2.24) is 14.7 Å². The van der Waals surface area contributed by atoms with Crippen LogP contribution in [0.25, 0.3) is 0 Å². The van der Waals surface area contributed by atoms with Gasteiger partial charge in [-0.25, -0.2) is 4.79 Å². The van der Waals surface area contributed by atoms with Crippen molar-refractivity contribution in [2.45, 2.75) is 36.6 Å². The minimum atomic E-state index is 0.312. The monoisotopic (exact) mass is 269 g/mol. The summed E-state index contributed by atoms with van der Waals surface area (Å²) in [5.74, 6) is 0. The molecule has 3 aliphatic heterocycles. The van der Waals surface area contributed by atoms with Crippen LogP contribution in [0.15, 0.2) is 0 Å². The second-order valence-corrected chi connectivity index (χ2v) is 7.03. The Balaban J connectivity index is 1.67. The van der Waals surface area contributed by atoms with Gasteiger partial charge in [0.1, 0.15) is 0 Å². The van der Waals surface area contributed by atoms with Crippen molar-refractivity contribution in [1.29, 1.82) is 0 Å². The minimum absolute atomic E-state index is 0.312. The molecule has 0 radical (unpaired) electrons. The first kappa shape index (κ1) is 12.6. The van der Waals surface area contributed by atoms with Crippen LogP contribution in [0.3, 0.4) is 0 Å². The molecule has 2 bridgehead atoms. The third kappa shape index (κ3) is 2.11. The molecule has 3 aliphatic rings. The molecule has 3 fully saturated rings. The lowest BCUT2D eigenvalue weighted by atomic mass is 10.2. The number of hydrogen-bond acceptors (Lipinski definition) is 3. The fourth-order valence-electron chi connectivity index (χ4n) is 3.68.